The minimum absolute atomic E-state index is 0.257. The van der Waals surface area contributed by atoms with E-state index in [0.29, 0.717) is 12.8 Å². The van der Waals surface area contributed by atoms with E-state index in [4.69, 9.17) is 22.8 Å². The fourth-order valence-corrected chi connectivity index (χ4v) is 1.83. The van der Waals surface area contributed by atoms with Crippen molar-refractivity contribution in [2.24, 2.45) is 0 Å². The van der Waals surface area contributed by atoms with Gasteiger partial charge >= 0.3 is 5.97 Å². The molecule has 0 aliphatic rings. The van der Waals surface area contributed by atoms with Crippen LogP contribution in [0.1, 0.15) is 39.5 Å². The van der Waals surface area contributed by atoms with E-state index in [-0.39, 0.29) is 17.5 Å². The van der Waals surface area contributed by atoms with E-state index < -0.39 is 0 Å². The van der Waals surface area contributed by atoms with E-state index in [1.807, 2.05) is 6.08 Å². The zero-order valence-corrected chi connectivity index (χ0v) is 13.0. The summed E-state index contributed by atoms with van der Waals surface area (Å²) in [7, 11) is 0. The summed E-state index contributed by atoms with van der Waals surface area (Å²) >= 11 is 6.28. The fourth-order valence-electron chi connectivity index (χ4n) is 1.57. The molecule has 0 aromatic rings. The summed E-state index contributed by atoms with van der Waals surface area (Å²) < 4.78 is 5.22. The number of carbonyl (C=O) groups excluding carboxylic acids is 1. The van der Waals surface area contributed by atoms with E-state index in [1.54, 1.807) is 12.2 Å². The molecular weight excluding hydrogens is 272 g/mol. The summed E-state index contributed by atoms with van der Waals surface area (Å²) in [4.78, 5) is 11.1. The zero-order chi connectivity index (χ0) is 15.2. The van der Waals surface area contributed by atoms with Crippen molar-refractivity contribution in [2.75, 3.05) is 0 Å². The lowest BCUT2D eigenvalue weighted by Crippen LogP contribution is -2.26. The van der Waals surface area contributed by atoms with Crippen molar-refractivity contribution in [3.05, 3.63) is 36.5 Å². The highest BCUT2D eigenvalue weighted by Crippen LogP contribution is 2.16. The van der Waals surface area contributed by atoms with E-state index in [1.165, 1.54) is 6.92 Å². The molecule has 0 rings (SSSR count). The Kier molecular flexibility index (Phi) is 11.7. The summed E-state index contributed by atoms with van der Waals surface area (Å²) in [5.74, 6) is 2.07. The number of terminal acetylenes is 1. The first-order valence-corrected chi connectivity index (χ1v) is 7.27. The SMILES string of the molecule is C#C/C=C/C[C@H](OC(C)=O)[C@@H](Cl)C/C=C\C/C=C\CC. The number of esters is 1. The van der Waals surface area contributed by atoms with Crippen LogP contribution in [0.2, 0.25) is 0 Å². The van der Waals surface area contributed by atoms with Crippen LogP contribution in [0, 0.1) is 12.3 Å². The van der Waals surface area contributed by atoms with Gasteiger partial charge in [0.05, 0.1) is 5.38 Å². The van der Waals surface area contributed by atoms with Crippen molar-refractivity contribution >= 4 is 17.6 Å². The highest BCUT2D eigenvalue weighted by atomic mass is 35.5. The normalized spacial score (nSPS) is 14.7. The third-order valence-corrected chi connectivity index (χ3v) is 2.96. The molecule has 0 heterocycles. The van der Waals surface area contributed by atoms with Crippen LogP contribution in [-0.4, -0.2) is 17.5 Å². The lowest BCUT2D eigenvalue weighted by Gasteiger charge is -2.19. The van der Waals surface area contributed by atoms with Gasteiger partial charge in [-0.1, -0.05) is 43.2 Å². The van der Waals surface area contributed by atoms with Crippen LogP contribution in [0.4, 0.5) is 0 Å². The first-order valence-electron chi connectivity index (χ1n) is 6.84. The van der Waals surface area contributed by atoms with E-state index >= 15 is 0 Å². The number of allylic oxidation sites excluding steroid dienone is 5. The van der Waals surface area contributed by atoms with Gasteiger partial charge in [0.15, 0.2) is 0 Å². The topological polar surface area (TPSA) is 26.3 Å². The van der Waals surface area contributed by atoms with Crippen molar-refractivity contribution in [3.8, 4) is 12.3 Å². The molecule has 110 valence electrons. The van der Waals surface area contributed by atoms with Crippen LogP contribution in [0.5, 0.6) is 0 Å². The number of ether oxygens (including phenoxy) is 1. The van der Waals surface area contributed by atoms with Crippen LogP contribution in [-0.2, 0) is 9.53 Å². The quantitative estimate of drug-likeness (QED) is 0.272. The fraction of sp³-hybridized carbons (Fsp3) is 0.471. The third-order valence-electron chi connectivity index (χ3n) is 2.51. The maximum absolute atomic E-state index is 11.1. The van der Waals surface area contributed by atoms with E-state index in [0.717, 1.165) is 12.8 Å². The Bertz CT molecular complexity index is 388. The average molecular weight is 295 g/mol. The molecule has 0 fully saturated rings. The molecule has 3 heteroatoms. The lowest BCUT2D eigenvalue weighted by atomic mass is 10.1. The van der Waals surface area contributed by atoms with Gasteiger partial charge in [0.2, 0.25) is 0 Å². The largest absolute Gasteiger partial charge is 0.461 e. The van der Waals surface area contributed by atoms with Gasteiger partial charge in [0.25, 0.3) is 0 Å². The predicted molar refractivity (Wildman–Crippen MR) is 85.6 cm³/mol. The molecule has 0 N–H and O–H groups in total. The first-order chi connectivity index (χ1) is 9.61. The van der Waals surface area contributed by atoms with Gasteiger partial charge in [-0.2, -0.15) is 0 Å². The number of alkyl halides is 1. The van der Waals surface area contributed by atoms with Crippen LogP contribution in [0.3, 0.4) is 0 Å². The second-order valence-corrected chi connectivity index (χ2v) is 4.85. The Morgan fingerprint density at radius 1 is 1.25 bits per heavy atom. The molecule has 2 atom stereocenters. The number of hydrogen-bond donors (Lipinski definition) is 0. The number of rotatable bonds is 9. The molecule has 2 nitrogen and oxygen atoms in total. The van der Waals surface area contributed by atoms with Gasteiger partial charge in [0, 0.05) is 13.3 Å². The number of halogens is 1. The summed E-state index contributed by atoms with van der Waals surface area (Å²) in [6, 6.07) is 0. The Morgan fingerprint density at radius 2 is 1.95 bits per heavy atom. The van der Waals surface area contributed by atoms with E-state index in [2.05, 4.69) is 31.1 Å². The van der Waals surface area contributed by atoms with Crippen LogP contribution in [0.25, 0.3) is 0 Å². The molecule has 0 bridgehead atoms. The minimum atomic E-state index is -0.352. The second kappa shape index (κ2) is 12.6. The molecular formula is C17H23ClO2. The van der Waals surface area contributed by atoms with Crippen molar-refractivity contribution < 1.29 is 9.53 Å². The van der Waals surface area contributed by atoms with Gasteiger partial charge in [-0.3, -0.25) is 4.79 Å². The first kappa shape index (κ1) is 18.5. The van der Waals surface area contributed by atoms with Gasteiger partial charge in [-0.05, 0) is 25.3 Å². The van der Waals surface area contributed by atoms with E-state index in [9.17, 15) is 4.79 Å². The molecule has 0 aromatic carbocycles. The lowest BCUT2D eigenvalue weighted by molar-refractivity contribution is -0.146. The zero-order valence-electron chi connectivity index (χ0n) is 12.2. The van der Waals surface area contributed by atoms with Crippen molar-refractivity contribution in [3.63, 3.8) is 0 Å². The van der Waals surface area contributed by atoms with Crippen molar-refractivity contribution in [1.29, 1.82) is 0 Å². The molecule has 20 heavy (non-hydrogen) atoms. The van der Waals surface area contributed by atoms with Crippen LogP contribution >= 0.6 is 11.6 Å². The molecule has 0 aromatic heterocycles. The predicted octanol–water partition coefficient (Wildman–Crippen LogP) is 4.41. The second-order valence-electron chi connectivity index (χ2n) is 4.29. The number of carbonyl (C=O) groups is 1. The molecule has 0 saturated carbocycles. The average Bonchev–Trinajstić information content (AvgIpc) is 2.41. The summed E-state index contributed by atoms with van der Waals surface area (Å²) in [5, 5.41) is -0.257. The monoisotopic (exact) mass is 294 g/mol. The molecule has 0 amide bonds. The van der Waals surface area contributed by atoms with Gasteiger partial charge in [-0.25, -0.2) is 0 Å². The summed E-state index contributed by atoms with van der Waals surface area (Å²) in [6.07, 6.45) is 19.6. The smallest absolute Gasteiger partial charge is 0.302 e. The standard InChI is InChI=1S/C17H23ClO2/c1-4-6-8-9-10-12-13-16(18)17(20-15(3)19)14-11-7-5-2/h2,6-8,10-12,16-17H,4,9,13-14H2,1,3H3/b8-6-,11-7+,12-10-/t16-,17-/m0/s1. The highest BCUT2D eigenvalue weighted by molar-refractivity contribution is 6.21. The van der Waals surface area contributed by atoms with Crippen LogP contribution in [0.15, 0.2) is 36.5 Å². The van der Waals surface area contributed by atoms with Crippen molar-refractivity contribution in [2.45, 2.75) is 51.0 Å². The summed E-state index contributed by atoms with van der Waals surface area (Å²) in [5.41, 5.74) is 0. The Labute approximate surface area is 127 Å². The molecule has 0 aliphatic heterocycles. The minimum Gasteiger partial charge on any atom is -0.461 e. The molecule has 0 aliphatic carbocycles. The maximum Gasteiger partial charge on any atom is 0.302 e. The number of hydrogen-bond acceptors (Lipinski definition) is 2. The highest BCUT2D eigenvalue weighted by Gasteiger charge is 2.19. The Morgan fingerprint density at radius 3 is 2.55 bits per heavy atom. The maximum atomic E-state index is 11.1. The molecule has 0 saturated heterocycles. The Hall–Kier alpha value is -1.46. The molecule has 0 radical (unpaired) electrons. The van der Waals surface area contributed by atoms with Crippen LogP contribution < -0.4 is 0 Å². The van der Waals surface area contributed by atoms with Gasteiger partial charge in [0.1, 0.15) is 6.10 Å². The molecule has 0 spiro atoms. The van der Waals surface area contributed by atoms with Gasteiger partial charge < -0.3 is 4.74 Å². The summed E-state index contributed by atoms with van der Waals surface area (Å²) in [6.45, 7) is 3.48. The third kappa shape index (κ3) is 10.5. The molecule has 0 unspecified atom stereocenters. The van der Waals surface area contributed by atoms with Gasteiger partial charge in [-0.15, -0.1) is 18.0 Å². The van der Waals surface area contributed by atoms with Crippen molar-refractivity contribution in [1.82, 2.24) is 0 Å². The Balaban J connectivity index is 4.28.